The van der Waals surface area contributed by atoms with Gasteiger partial charge in [-0.15, -0.1) is 11.3 Å². The number of benzene rings is 1. The second-order valence-corrected chi connectivity index (χ2v) is 5.89. The van der Waals surface area contributed by atoms with Gasteiger partial charge in [0.2, 0.25) is 5.91 Å². The van der Waals surface area contributed by atoms with Crippen LogP contribution < -0.4 is 11.0 Å². The van der Waals surface area contributed by atoms with E-state index in [0.717, 1.165) is 15.3 Å². The van der Waals surface area contributed by atoms with Gasteiger partial charge in [0, 0.05) is 18.6 Å². The van der Waals surface area contributed by atoms with Crippen LogP contribution in [-0.2, 0) is 18.4 Å². The van der Waals surface area contributed by atoms with Crippen LogP contribution in [0, 0.1) is 0 Å². The molecule has 1 N–H and O–H groups in total. The maximum absolute atomic E-state index is 12.3. The van der Waals surface area contributed by atoms with Gasteiger partial charge in [0.15, 0.2) is 0 Å². The minimum Gasteiger partial charge on any atom is -0.341 e. The minimum atomic E-state index is -0.344. The molecular weight excluding hydrogens is 314 g/mol. The highest BCUT2D eigenvalue weighted by atomic mass is 32.1. The molecule has 7 nitrogen and oxygen atoms in total. The summed E-state index contributed by atoms with van der Waals surface area (Å²) in [5, 5.41) is 9.46. The molecule has 0 saturated heterocycles. The van der Waals surface area contributed by atoms with Crippen LogP contribution in [0.1, 0.15) is 16.6 Å². The molecular formula is C15H15N5O2S. The zero-order valence-corrected chi connectivity index (χ0v) is 13.2. The summed E-state index contributed by atoms with van der Waals surface area (Å²) in [4.78, 5) is 28.4. The maximum Gasteiger partial charge on any atom is 0.345 e. The second kappa shape index (κ2) is 6.57. The largest absolute Gasteiger partial charge is 0.345 e. The maximum atomic E-state index is 12.3. The lowest BCUT2D eigenvalue weighted by atomic mass is 10.1. The number of aryl methyl sites for hydroxylation is 1. The minimum absolute atomic E-state index is 0.131. The van der Waals surface area contributed by atoms with E-state index < -0.39 is 0 Å². The molecule has 1 amide bonds. The normalized spacial score (nSPS) is 12.0. The molecule has 3 rings (SSSR count). The number of thiazole rings is 1. The van der Waals surface area contributed by atoms with Crippen molar-refractivity contribution in [2.75, 3.05) is 0 Å². The number of nitrogens with zero attached hydrogens (tertiary/aromatic N) is 4. The lowest BCUT2D eigenvalue weighted by Gasteiger charge is -2.16. The topological polar surface area (TPSA) is 81.8 Å². The number of hydrogen-bond acceptors (Lipinski definition) is 5. The van der Waals surface area contributed by atoms with E-state index >= 15 is 0 Å². The van der Waals surface area contributed by atoms with Crippen LogP contribution in [0.5, 0.6) is 0 Å². The Morgan fingerprint density at radius 2 is 2.13 bits per heavy atom. The highest BCUT2D eigenvalue weighted by Crippen LogP contribution is 2.23. The number of aromatic nitrogens is 4. The summed E-state index contributed by atoms with van der Waals surface area (Å²) in [5.74, 6) is -0.296. The monoisotopic (exact) mass is 329 g/mol. The molecule has 118 valence electrons. The van der Waals surface area contributed by atoms with Gasteiger partial charge >= 0.3 is 5.69 Å². The molecule has 0 aliphatic carbocycles. The van der Waals surface area contributed by atoms with Crippen molar-refractivity contribution in [3.63, 3.8) is 0 Å². The van der Waals surface area contributed by atoms with Gasteiger partial charge < -0.3 is 5.32 Å². The van der Waals surface area contributed by atoms with Crippen LogP contribution in [-0.4, -0.2) is 25.2 Å². The predicted molar refractivity (Wildman–Crippen MR) is 86.0 cm³/mol. The second-order valence-electron chi connectivity index (χ2n) is 4.96. The molecule has 0 radical (unpaired) electrons. The third-order valence-corrected chi connectivity index (χ3v) is 4.16. The van der Waals surface area contributed by atoms with Gasteiger partial charge in [0.25, 0.3) is 0 Å². The van der Waals surface area contributed by atoms with Crippen molar-refractivity contribution in [1.29, 1.82) is 0 Å². The third kappa shape index (κ3) is 3.37. The summed E-state index contributed by atoms with van der Waals surface area (Å²) in [7, 11) is 1.59. The van der Waals surface area contributed by atoms with Crippen molar-refractivity contribution in [3.8, 4) is 0 Å². The number of nitrogens with one attached hydrogen (secondary N) is 1. The average molecular weight is 329 g/mol. The molecule has 23 heavy (non-hydrogen) atoms. The van der Waals surface area contributed by atoms with E-state index in [-0.39, 0.29) is 24.2 Å². The van der Waals surface area contributed by atoms with E-state index in [1.165, 1.54) is 22.2 Å². The van der Waals surface area contributed by atoms with Crippen molar-refractivity contribution in [2.24, 2.45) is 7.05 Å². The van der Waals surface area contributed by atoms with E-state index in [4.69, 9.17) is 0 Å². The van der Waals surface area contributed by atoms with Crippen molar-refractivity contribution < 1.29 is 4.79 Å². The molecule has 1 unspecified atom stereocenters. The lowest BCUT2D eigenvalue weighted by molar-refractivity contribution is -0.122. The SMILES string of the molecule is Cn1cnn(CC(=O)NC(c2ccccc2)c2nccs2)c1=O. The Kier molecular flexibility index (Phi) is 4.33. The third-order valence-electron chi connectivity index (χ3n) is 3.32. The fourth-order valence-electron chi connectivity index (χ4n) is 2.18. The van der Waals surface area contributed by atoms with Gasteiger partial charge in [-0.3, -0.25) is 9.36 Å². The molecule has 8 heteroatoms. The molecule has 0 aliphatic rings. The molecule has 0 aliphatic heterocycles. The predicted octanol–water partition coefficient (Wildman–Crippen LogP) is 0.944. The highest BCUT2D eigenvalue weighted by molar-refractivity contribution is 7.09. The summed E-state index contributed by atoms with van der Waals surface area (Å²) in [6.45, 7) is -0.131. The number of amides is 1. The van der Waals surface area contributed by atoms with E-state index in [2.05, 4.69) is 15.4 Å². The van der Waals surface area contributed by atoms with E-state index in [0.29, 0.717) is 0 Å². The fourth-order valence-corrected chi connectivity index (χ4v) is 2.90. The molecule has 0 bridgehead atoms. The van der Waals surface area contributed by atoms with Crippen molar-refractivity contribution in [2.45, 2.75) is 12.6 Å². The first kappa shape index (κ1) is 15.2. The summed E-state index contributed by atoms with van der Waals surface area (Å²) in [5.41, 5.74) is 0.606. The van der Waals surface area contributed by atoms with Gasteiger partial charge in [0.1, 0.15) is 23.9 Å². The Bertz CT molecular complexity index is 838. The van der Waals surface area contributed by atoms with Crippen LogP contribution in [0.3, 0.4) is 0 Å². The summed E-state index contributed by atoms with van der Waals surface area (Å²) in [6, 6.07) is 9.25. The van der Waals surface area contributed by atoms with Crippen LogP contribution in [0.25, 0.3) is 0 Å². The van der Waals surface area contributed by atoms with Gasteiger partial charge in [-0.1, -0.05) is 30.3 Å². The zero-order chi connectivity index (χ0) is 16.2. The Hall–Kier alpha value is -2.74. The van der Waals surface area contributed by atoms with Crippen LogP contribution >= 0.6 is 11.3 Å². The van der Waals surface area contributed by atoms with Crippen LogP contribution in [0.4, 0.5) is 0 Å². The Morgan fingerprint density at radius 3 is 2.74 bits per heavy atom. The Morgan fingerprint density at radius 1 is 1.35 bits per heavy atom. The molecule has 0 spiro atoms. The van der Waals surface area contributed by atoms with Crippen LogP contribution in [0.2, 0.25) is 0 Å². The smallest absolute Gasteiger partial charge is 0.341 e. The van der Waals surface area contributed by atoms with E-state index in [9.17, 15) is 9.59 Å². The van der Waals surface area contributed by atoms with Crippen LogP contribution in [0.15, 0.2) is 53.0 Å². The number of hydrogen-bond donors (Lipinski definition) is 1. The zero-order valence-electron chi connectivity index (χ0n) is 12.4. The average Bonchev–Trinajstić information content (AvgIpc) is 3.19. The Labute approximate surface area is 136 Å². The molecule has 0 fully saturated rings. The number of carbonyl (C=O) groups excluding carboxylic acids is 1. The first-order valence-electron chi connectivity index (χ1n) is 6.97. The quantitative estimate of drug-likeness (QED) is 0.755. The number of carbonyl (C=O) groups is 1. The lowest BCUT2D eigenvalue weighted by Crippen LogP contribution is -2.35. The fraction of sp³-hybridized carbons (Fsp3) is 0.200. The standard InChI is InChI=1S/C15H15N5O2S/c1-19-10-17-20(15(19)22)9-12(21)18-13(14-16-7-8-23-14)11-5-3-2-4-6-11/h2-8,10,13H,9H2,1H3,(H,18,21). The summed E-state index contributed by atoms with van der Waals surface area (Å²) < 4.78 is 2.45. The molecule has 0 saturated carbocycles. The van der Waals surface area contributed by atoms with Crippen molar-refractivity contribution >= 4 is 17.2 Å². The van der Waals surface area contributed by atoms with Gasteiger partial charge in [-0.2, -0.15) is 5.10 Å². The molecule has 2 heterocycles. The number of rotatable bonds is 5. The molecule has 3 aromatic rings. The highest BCUT2D eigenvalue weighted by Gasteiger charge is 2.19. The Balaban J connectivity index is 1.80. The molecule has 1 atom stereocenters. The van der Waals surface area contributed by atoms with E-state index in [1.54, 1.807) is 13.2 Å². The summed E-state index contributed by atoms with van der Waals surface area (Å²) in [6.07, 6.45) is 3.08. The van der Waals surface area contributed by atoms with Gasteiger partial charge in [-0.25, -0.2) is 14.5 Å². The molecule has 1 aromatic carbocycles. The van der Waals surface area contributed by atoms with Gasteiger partial charge in [0.05, 0.1) is 0 Å². The van der Waals surface area contributed by atoms with Crippen molar-refractivity contribution in [1.82, 2.24) is 24.6 Å². The molecule has 2 aromatic heterocycles. The first-order valence-corrected chi connectivity index (χ1v) is 7.85. The first-order chi connectivity index (χ1) is 11.1. The van der Waals surface area contributed by atoms with Crippen molar-refractivity contribution in [3.05, 3.63) is 69.3 Å². The van der Waals surface area contributed by atoms with E-state index in [1.807, 2.05) is 35.7 Å². The van der Waals surface area contributed by atoms with Gasteiger partial charge in [-0.05, 0) is 5.56 Å². The summed E-state index contributed by atoms with van der Waals surface area (Å²) >= 11 is 1.47.